The smallest absolute Gasteiger partial charge is 0.0701 e. The van der Waals surface area contributed by atoms with E-state index < -0.39 is 5.41 Å². The van der Waals surface area contributed by atoms with Gasteiger partial charge in [-0.3, -0.25) is 4.98 Å². The molecule has 11 rings (SSSR count). The lowest BCUT2D eigenvalue weighted by Crippen LogP contribution is -2.31. The molecule has 2 aromatic heterocycles. The van der Waals surface area contributed by atoms with Crippen LogP contribution >= 0.6 is 0 Å². The Morgan fingerprint density at radius 1 is 0.390 bits per heavy atom. The van der Waals surface area contributed by atoms with Gasteiger partial charge < -0.3 is 4.57 Å². The van der Waals surface area contributed by atoms with Gasteiger partial charge in [-0.15, -0.1) is 0 Å². The van der Waals surface area contributed by atoms with E-state index in [-0.39, 0.29) is 5.41 Å². The van der Waals surface area contributed by atoms with Crippen molar-refractivity contribution in [3.8, 4) is 39.1 Å². The third-order valence-electron chi connectivity index (χ3n) is 12.9. The summed E-state index contributed by atoms with van der Waals surface area (Å²) in [4.78, 5) is 4.20. The van der Waals surface area contributed by atoms with Crippen molar-refractivity contribution in [3.05, 3.63) is 252 Å². The van der Waals surface area contributed by atoms with Gasteiger partial charge in [-0.2, -0.15) is 0 Å². The lowest BCUT2D eigenvalue weighted by Gasteiger charge is -2.37. The van der Waals surface area contributed by atoms with Gasteiger partial charge in [-0.25, -0.2) is 0 Å². The number of hydrogen-bond acceptors (Lipinski definition) is 1. The Balaban J connectivity index is 1.02. The SMILES string of the molecule is CC1(C)c2cc(-c3ccc4c(c3)c3ccccc3n4-c3ccc(-c4ccncc4)cc3)ccc2-c2ccc(C(c3ccccc3)(c3ccccc3)c3ccccc3)cc21. The van der Waals surface area contributed by atoms with Crippen LogP contribution in [-0.2, 0) is 10.8 Å². The molecule has 2 nitrogen and oxygen atoms in total. The molecule has 1 aliphatic carbocycles. The minimum atomic E-state index is -0.495. The molecule has 0 radical (unpaired) electrons. The van der Waals surface area contributed by atoms with Crippen molar-refractivity contribution in [1.82, 2.24) is 9.55 Å². The molecule has 59 heavy (non-hydrogen) atoms. The van der Waals surface area contributed by atoms with Gasteiger partial charge in [0.25, 0.3) is 0 Å². The van der Waals surface area contributed by atoms with E-state index in [0.29, 0.717) is 0 Å². The van der Waals surface area contributed by atoms with E-state index in [0.717, 1.165) is 5.69 Å². The molecule has 0 saturated heterocycles. The molecule has 0 saturated carbocycles. The lowest BCUT2D eigenvalue weighted by atomic mass is 9.64. The number of hydrogen-bond donors (Lipinski definition) is 0. The molecule has 0 N–H and O–H groups in total. The van der Waals surface area contributed by atoms with Crippen LogP contribution < -0.4 is 0 Å². The van der Waals surface area contributed by atoms with Gasteiger partial charge in [0.1, 0.15) is 0 Å². The predicted octanol–water partition coefficient (Wildman–Crippen LogP) is 14.2. The van der Waals surface area contributed by atoms with Gasteiger partial charge in [0, 0.05) is 34.3 Å². The highest BCUT2D eigenvalue weighted by atomic mass is 15.0. The molecule has 0 bridgehead atoms. The number of para-hydroxylation sites is 1. The van der Waals surface area contributed by atoms with Crippen molar-refractivity contribution >= 4 is 21.8 Å². The molecule has 2 heterocycles. The molecule has 2 heteroatoms. The highest BCUT2D eigenvalue weighted by Gasteiger charge is 2.42. The number of aromatic nitrogens is 2. The summed E-state index contributed by atoms with van der Waals surface area (Å²) >= 11 is 0. The third-order valence-corrected chi connectivity index (χ3v) is 12.9. The monoisotopic (exact) mass is 754 g/mol. The Labute approximate surface area is 345 Å². The first-order chi connectivity index (χ1) is 29.0. The first kappa shape index (κ1) is 34.9. The fourth-order valence-electron chi connectivity index (χ4n) is 9.99. The van der Waals surface area contributed by atoms with Crippen molar-refractivity contribution in [2.24, 2.45) is 0 Å². The fourth-order valence-corrected chi connectivity index (χ4v) is 9.99. The molecule has 1 aliphatic rings. The fraction of sp³-hybridized carbons (Fsp3) is 0.0702. The van der Waals surface area contributed by atoms with Crippen LogP contribution in [0.25, 0.3) is 60.9 Å². The highest BCUT2D eigenvalue weighted by molar-refractivity contribution is 6.10. The number of fused-ring (bicyclic) bond motifs is 6. The largest absolute Gasteiger partial charge is 0.309 e. The standard InChI is InChI=1S/C57H42N2/c1-56(2)52-37-42(41-25-31-55-51(36-41)50-20-12-13-21-54(50)59(55)47-27-22-39(23-28-47)40-32-34-58-35-33-40)24-29-48(52)49-30-26-46(38-53(49)56)57(43-14-6-3-7-15-43,44-16-8-4-9-17-44)45-18-10-5-11-19-45/h3-38H,1-2H3. The van der Waals surface area contributed by atoms with E-state index in [9.17, 15) is 0 Å². The van der Waals surface area contributed by atoms with E-state index in [4.69, 9.17) is 0 Å². The summed E-state index contributed by atoms with van der Waals surface area (Å²) in [7, 11) is 0. The average molecular weight is 755 g/mol. The summed E-state index contributed by atoms with van der Waals surface area (Å²) in [6.07, 6.45) is 3.69. The van der Waals surface area contributed by atoms with Crippen LogP contribution in [0.15, 0.2) is 219 Å². The van der Waals surface area contributed by atoms with Crippen LogP contribution in [0, 0.1) is 0 Å². The van der Waals surface area contributed by atoms with E-state index in [1.54, 1.807) is 0 Å². The molecule has 0 aliphatic heterocycles. The maximum atomic E-state index is 4.20. The lowest BCUT2D eigenvalue weighted by molar-refractivity contribution is 0.655. The van der Waals surface area contributed by atoms with Crippen LogP contribution in [0.1, 0.15) is 47.2 Å². The maximum Gasteiger partial charge on any atom is 0.0701 e. The van der Waals surface area contributed by atoms with Crippen molar-refractivity contribution in [3.63, 3.8) is 0 Å². The van der Waals surface area contributed by atoms with Crippen molar-refractivity contribution in [1.29, 1.82) is 0 Å². The molecule has 0 amide bonds. The predicted molar refractivity (Wildman–Crippen MR) is 245 cm³/mol. The zero-order valence-corrected chi connectivity index (χ0v) is 33.2. The van der Waals surface area contributed by atoms with Gasteiger partial charge in [0.05, 0.1) is 16.4 Å². The van der Waals surface area contributed by atoms with E-state index in [1.807, 2.05) is 12.4 Å². The zero-order valence-electron chi connectivity index (χ0n) is 33.2. The molecule has 0 atom stereocenters. The second kappa shape index (κ2) is 13.7. The van der Waals surface area contributed by atoms with Crippen molar-refractivity contribution < 1.29 is 0 Å². The number of pyridine rings is 1. The molecular formula is C57H42N2. The van der Waals surface area contributed by atoms with Crippen LogP contribution in [0.4, 0.5) is 0 Å². The zero-order chi connectivity index (χ0) is 39.6. The second-order valence-corrected chi connectivity index (χ2v) is 16.4. The summed E-state index contributed by atoms with van der Waals surface area (Å²) in [6, 6.07) is 76.2. The van der Waals surface area contributed by atoms with E-state index >= 15 is 0 Å². The van der Waals surface area contributed by atoms with Gasteiger partial charge in [0.2, 0.25) is 0 Å². The van der Waals surface area contributed by atoms with Crippen LogP contribution in [-0.4, -0.2) is 9.55 Å². The minimum Gasteiger partial charge on any atom is -0.309 e. The normalized spacial score (nSPS) is 13.1. The number of nitrogens with zero attached hydrogens (tertiary/aromatic N) is 2. The van der Waals surface area contributed by atoms with Crippen LogP contribution in [0.2, 0.25) is 0 Å². The number of benzene rings is 8. The van der Waals surface area contributed by atoms with Gasteiger partial charge in [0.15, 0.2) is 0 Å². The average Bonchev–Trinajstić information content (AvgIpc) is 3.75. The van der Waals surface area contributed by atoms with Crippen LogP contribution in [0.5, 0.6) is 0 Å². The van der Waals surface area contributed by atoms with Gasteiger partial charge >= 0.3 is 0 Å². The quantitative estimate of drug-likeness (QED) is 0.148. The minimum absolute atomic E-state index is 0.213. The Hall–Kier alpha value is -7.29. The third kappa shape index (κ3) is 5.44. The second-order valence-electron chi connectivity index (χ2n) is 16.4. The highest BCUT2D eigenvalue weighted by Crippen LogP contribution is 2.53. The molecule has 280 valence electrons. The summed E-state index contributed by atoms with van der Waals surface area (Å²) < 4.78 is 2.39. The Morgan fingerprint density at radius 3 is 1.53 bits per heavy atom. The van der Waals surface area contributed by atoms with Crippen molar-refractivity contribution in [2.45, 2.75) is 24.7 Å². The Morgan fingerprint density at radius 2 is 0.881 bits per heavy atom. The van der Waals surface area contributed by atoms with Crippen LogP contribution in [0.3, 0.4) is 0 Å². The molecule has 0 fully saturated rings. The Kier molecular flexibility index (Phi) is 8.10. The van der Waals surface area contributed by atoms with Gasteiger partial charge in [-0.05, 0) is 115 Å². The molecule has 0 spiro atoms. The molecule has 8 aromatic carbocycles. The first-order valence-corrected chi connectivity index (χ1v) is 20.5. The van der Waals surface area contributed by atoms with Gasteiger partial charge in [-0.1, -0.05) is 172 Å². The first-order valence-electron chi connectivity index (χ1n) is 20.5. The summed E-state index contributed by atoms with van der Waals surface area (Å²) in [6.45, 7) is 4.80. The van der Waals surface area contributed by atoms with Crippen molar-refractivity contribution in [2.75, 3.05) is 0 Å². The summed E-state index contributed by atoms with van der Waals surface area (Å²) in [5, 5.41) is 2.51. The summed E-state index contributed by atoms with van der Waals surface area (Å²) in [5.74, 6) is 0. The van der Waals surface area contributed by atoms with E-state index in [1.165, 1.54) is 88.6 Å². The van der Waals surface area contributed by atoms with E-state index in [2.05, 4.69) is 230 Å². The molecular weight excluding hydrogens is 713 g/mol. The molecule has 0 unspecified atom stereocenters. The maximum absolute atomic E-state index is 4.20. The molecule has 10 aromatic rings. The topological polar surface area (TPSA) is 17.8 Å². The summed E-state index contributed by atoms with van der Waals surface area (Å²) in [5.41, 5.74) is 18.0. The number of rotatable bonds is 7. The Bertz CT molecular complexity index is 3050.